The van der Waals surface area contributed by atoms with E-state index in [-0.39, 0.29) is 43.3 Å². The first-order chi connectivity index (χ1) is 42.6. The minimum atomic E-state index is -0.0720. The fraction of sp³-hybridized carbons (Fsp3) is 0.356. The second-order valence-corrected chi connectivity index (χ2v) is 35.4. The summed E-state index contributed by atoms with van der Waals surface area (Å²) in [5.41, 5.74) is 24.6. The highest BCUT2D eigenvalue weighted by molar-refractivity contribution is 6.27. The molecule has 0 aliphatic heterocycles. The molecule has 11 aromatic carbocycles. The highest BCUT2D eigenvalue weighted by Gasteiger charge is 2.29. The first-order valence-corrected chi connectivity index (χ1v) is 34.0. The molecule has 0 amide bonds. The molecule has 2 heteroatoms. The van der Waals surface area contributed by atoms with Crippen LogP contribution in [-0.2, 0) is 43.3 Å². The predicted molar refractivity (Wildman–Crippen MR) is 405 cm³/mol. The molecule has 92 heavy (non-hydrogen) atoms. The minimum absolute atomic E-state index is 0.000406. The largest absolute Gasteiger partial charge is 0.310 e. The van der Waals surface area contributed by atoms with Gasteiger partial charge in [-0.3, -0.25) is 0 Å². The molecule has 0 fully saturated rings. The maximum absolute atomic E-state index is 2.60. The van der Waals surface area contributed by atoms with Crippen LogP contribution in [0, 0.1) is 0 Å². The Balaban J connectivity index is 1.19. The molecule has 2 nitrogen and oxygen atoms in total. The average molecular weight is 1210 g/mol. The topological polar surface area (TPSA) is 8.17 Å². The van der Waals surface area contributed by atoms with Crippen LogP contribution in [0.15, 0.2) is 182 Å². The highest BCUT2D eigenvalue weighted by Crippen LogP contribution is 2.50. The lowest BCUT2D eigenvalue weighted by Gasteiger charge is -2.30. The van der Waals surface area contributed by atoms with E-state index < -0.39 is 0 Å². The van der Waals surface area contributed by atoms with Crippen molar-refractivity contribution in [3.8, 4) is 39.1 Å². The highest BCUT2D eigenvalue weighted by atomic mass is 15.1. The lowest BCUT2D eigenvalue weighted by Crippen LogP contribution is -2.17. The van der Waals surface area contributed by atoms with Gasteiger partial charge >= 0.3 is 0 Å². The van der Waals surface area contributed by atoms with E-state index >= 15 is 0 Å². The van der Waals surface area contributed by atoms with E-state index in [9.17, 15) is 0 Å². The molecule has 472 valence electrons. The number of anilines is 3. The summed E-state index contributed by atoms with van der Waals surface area (Å²) in [7, 11) is 0. The Hall–Kier alpha value is -7.94. The number of hydrogen-bond acceptors (Lipinski definition) is 1. The number of nitrogens with zero attached hydrogens (tertiary/aromatic N) is 2. The summed E-state index contributed by atoms with van der Waals surface area (Å²) < 4.78 is 2.56. The quantitative estimate of drug-likeness (QED) is 0.144. The van der Waals surface area contributed by atoms with Crippen LogP contribution in [0.2, 0.25) is 0 Å². The van der Waals surface area contributed by atoms with Gasteiger partial charge < -0.3 is 9.47 Å². The Morgan fingerprint density at radius 3 is 0.978 bits per heavy atom. The third-order valence-corrected chi connectivity index (χ3v) is 19.9. The van der Waals surface area contributed by atoms with Gasteiger partial charge in [0.1, 0.15) is 0 Å². The molecule has 0 aliphatic rings. The summed E-state index contributed by atoms with van der Waals surface area (Å²) in [5, 5.41) is 10.1. The molecule has 0 unspecified atom stereocenters. The van der Waals surface area contributed by atoms with Crippen LogP contribution < -0.4 is 4.90 Å². The lowest BCUT2D eigenvalue weighted by molar-refractivity contribution is 0.568. The van der Waals surface area contributed by atoms with Crippen LogP contribution in [0.1, 0.15) is 211 Å². The zero-order valence-corrected chi connectivity index (χ0v) is 60.2. The molecule has 1 aromatic heterocycles. The molecule has 0 bridgehead atoms. The van der Waals surface area contributed by atoms with Crippen molar-refractivity contribution in [1.82, 2.24) is 4.57 Å². The Morgan fingerprint density at radius 2 is 0.576 bits per heavy atom. The van der Waals surface area contributed by atoms with Gasteiger partial charge in [-0.05, 0) is 209 Å². The van der Waals surface area contributed by atoms with Crippen LogP contribution >= 0.6 is 0 Å². The Morgan fingerprint density at radius 1 is 0.239 bits per heavy atom. The monoisotopic (exact) mass is 1210 g/mol. The van der Waals surface area contributed by atoms with Gasteiger partial charge in [0.2, 0.25) is 0 Å². The molecule has 12 rings (SSSR count). The minimum Gasteiger partial charge on any atom is -0.310 e. The van der Waals surface area contributed by atoms with Crippen LogP contribution in [0.5, 0.6) is 0 Å². The molecular weight excluding hydrogens is 1110 g/mol. The number of hydrogen-bond donors (Lipinski definition) is 0. The van der Waals surface area contributed by atoms with Crippen molar-refractivity contribution >= 4 is 71.2 Å². The van der Waals surface area contributed by atoms with Crippen molar-refractivity contribution in [1.29, 1.82) is 0 Å². The summed E-state index contributed by atoms with van der Waals surface area (Å²) in [4.78, 5) is 2.60. The van der Waals surface area contributed by atoms with E-state index in [0.717, 1.165) is 17.1 Å². The van der Waals surface area contributed by atoms with Crippen molar-refractivity contribution in [2.45, 2.75) is 209 Å². The summed E-state index contributed by atoms with van der Waals surface area (Å²) >= 11 is 0. The van der Waals surface area contributed by atoms with Crippen molar-refractivity contribution < 1.29 is 0 Å². The lowest BCUT2D eigenvalue weighted by atomic mass is 9.78. The predicted octanol–water partition coefficient (Wildman–Crippen LogP) is 26.5. The number of fused-ring (bicyclic) bond motifs is 3. The fourth-order valence-electron chi connectivity index (χ4n) is 13.7. The van der Waals surface area contributed by atoms with Crippen molar-refractivity contribution in [2.24, 2.45) is 0 Å². The van der Waals surface area contributed by atoms with Crippen molar-refractivity contribution in [3.05, 3.63) is 226 Å². The van der Waals surface area contributed by atoms with Crippen molar-refractivity contribution in [2.75, 3.05) is 4.90 Å². The molecule has 0 saturated heterocycles. The molecule has 12 aromatic rings. The smallest absolute Gasteiger partial charge is 0.0541 e. The fourth-order valence-corrected chi connectivity index (χ4v) is 13.7. The SMILES string of the molecule is CC(C)(C)c1cc(-c2cccc(N(c3cc(-c4cc(C(C)(C)C)cc(C(C)(C)C)c4)cc(-c4cc(C(C)(C)C)cc(C(C)(C)C)c4)c3)c3ccc4ccc5c(-n6c7ccc(C(C)(C)C)cc7c7cc(C(C)(C)C)ccc76)ccc6ccc3c4c65)c2)cc(C(C)(C)C)c1. The third-order valence-electron chi connectivity index (χ3n) is 19.9. The van der Waals surface area contributed by atoms with Crippen LogP contribution in [-0.4, -0.2) is 4.57 Å². The number of benzene rings is 11. The van der Waals surface area contributed by atoms with E-state index in [2.05, 4.69) is 358 Å². The molecule has 0 saturated carbocycles. The number of aromatic nitrogens is 1. The molecule has 0 spiro atoms. The molecule has 1 heterocycles. The van der Waals surface area contributed by atoms with Gasteiger partial charge in [0.25, 0.3) is 0 Å². The summed E-state index contributed by atoms with van der Waals surface area (Å²) in [6, 6.07) is 72.6. The Kier molecular flexibility index (Phi) is 15.2. The Labute approximate surface area is 552 Å². The second-order valence-electron chi connectivity index (χ2n) is 35.4. The van der Waals surface area contributed by atoms with Gasteiger partial charge in [0.15, 0.2) is 0 Å². The van der Waals surface area contributed by atoms with Gasteiger partial charge in [-0.15, -0.1) is 0 Å². The van der Waals surface area contributed by atoms with E-state index in [1.165, 1.54) is 138 Å². The normalized spacial score (nSPS) is 13.4. The van der Waals surface area contributed by atoms with Crippen LogP contribution in [0.25, 0.3) is 93.2 Å². The number of rotatable bonds is 7. The first-order valence-electron chi connectivity index (χ1n) is 34.0. The summed E-state index contributed by atoms with van der Waals surface area (Å²) in [5.74, 6) is 0. The zero-order valence-electron chi connectivity index (χ0n) is 60.2. The van der Waals surface area contributed by atoms with E-state index in [1.54, 1.807) is 0 Å². The van der Waals surface area contributed by atoms with Gasteiger partial charge in [0, 0.05) is 32.9 Å². The van der Waals surface area contributed by atoms with E-state index in [1.807, 2.05) is 0 Å². The van der Waals surface area contributed by atoms with Gasteiger partial charge in [0.05, 0.1) is 22.4 Å². The van der Waals surface area contributed by atoms with Crippen molar-refractivity contribution in [3.63, 3.8) is 0 Å². The molecular formula is C90H102N2. The van der Waals surface area contributed by atoms with Gasteiger partial charge in [-0.1, -0.05) is 281 Å². The second kappa shape index (κ2) is 21.8. The maximum Gasteiger partial charge on any atom is 0.0541 e. The molecule has 0 radical (unpaired) electrons. The molecule has 0 atom stereocenters. The Bertz CT molecular complexity index is 4600. The van der Waals surface area contributed by atoms with Crippen LogP contribution in [0.4, 0.5) is 17.1 Å². The van der Waals surface area contributed by atoms with Gasteiger partial charge in [-0.2, -0.15) is 0 Å². The molecule has 0 aliphatic carbocycles. The summed E-state index contributed by atoms with van der Waals surface area (Å²) in [6.45, 7) is 56.3. The maximum atomic E-state index is 2.60. The third kappa shape index (κ3) is 12.0. The molecule has 0 N–H and O–H groups in total. The van der Waals surface area contributed by atoms with E-state index in [0.29, 0.717) is 0 Å². The summed E-state index contributed by atoms with van der Waals surface area (Å²) in [6.07, 6.45) is 0. The van der Waals surface area contributed by atoms with Crippen LogP contribution in [0.3, 0.4) is 0 Å². The first kappa shape index (κ1) is 64.2. The van der Waals surface area contributed by atoms with Gasteiger partial charge in [-0.25, -0.2) is 0 Å². The standard InChI is InChI=1S/C90H102N2/c1-83(2,3)63-32-38-79-75(53-63)76-54-64(84(4,5)6)33-39-80(76)92(79)78-37-31-56-28-34-73-77(36-30-55-29-35-74(78)82(56)81(55)73)91(71-27-25-26-57(47-71)60-41-65(85(7,8)9)50-66(42-60)86(10,11)12)72-48-58(61-43-67(87(13,14)15)51-68(44-61)88(16,17)18)40-59(49-72)62-45-69(89(19,20)21)52-70(46-62)90(22,23)24/h25-54H,1-24H3. The zero-order chi connectivity index (χ0) is 66.5. The van der Waals surface area contributed by atoms with E-state index in [4.69, 9.17) is 0 Å². The average Bonchev–Trinajstić information content (AvgIpc) is 1.27.